The zero-order valence-corrected chi connectivity index (χ0v) is 18.5. The Morgan fingerprint density at radius 1 is 1.15 bits per heavy atom. The fraction of sp³-hybridized carbons (Fsp3) is 0.240. The van der Waals surface area contributed by atoms with Gasteiger partial charge in [0.15, 0.2) is 6.79 Å². The van der Waals surface area contributed by atoms with Crippen LogP contribution in [0.15, 0.2) is 66.7 Å². The van der Waals surface area contributed by atoms with Crippen molar-refractivity contribution >= 4 is 17.3 Å². The van der Waals surface area contributed by atoms with Gasteiger partial charge in [0, 0.05) is 47.1 Å². The van der Waals surface area contributed by atoms with Crippen LogP contribution in [-0.2, 0) is 17.9 Å². The summed E-state index contributed by atoms with van der Waals surface area (Å²) in [4.78, 5) is 25.6. The number of fused-ring (bicyclic) bond motifs is 1. The molecule has 1 amide bonds. The fourth-order valence-corrected chi connectivity index (χ4v) is 3.83. The zero-order chi connectivity index (χ0) is 23.4. The normalized spacial score (nSPS) is 13.7. The van der Waals surface area contributed by atoms with Gasteiger partial charge in [-0.25, -0.2) is 0 Å². The molecule has 3 aromatic rings. The molecule has 33 heavy (non-hydrogen) atoms. The van der Waals surface area contributed by atoms with Crippen LogP contribution in [0, 0.1) is 10.1 Å². The number of nitro benzene ring substituents is 1. The molecule has 1 heterocycles. The number of ether oxygens (including phenoxy) is 2. The molecule has 1 aliphatic heterocycles. The lowest BCUT2D eigenvalue weighted by Gasteiger charge is -2.28. The van der Waals surface area contributed by atoms with Crippen LogP contribution in [0.5, 0.6) is 5.75 Å². The summed E-state index contributed by atoms with van der Waals surface area (Å²) in [5, 5.41) is 14.3. The molecule has 3 aromatic carbocycles. The van der Waals surface area contributed by atoms with Gasteiger partial charge in [-0.05, 0) is 43.8 Å². The molecule has 1 unspecified atom stereocenters. The lowest BCUT2D eigenvalue weighted by Crippen LogP contribution is -2.24. The van der Waals surface area contributed by atoms with Crippen LogP contribution < -0.4 is 10.1 Å². The molecule has 8 heteroatoms. The third kappa shape index (κ3) is 5.19. The number of amides is 1. The van der Waals surface area contributed by atoms with E-state index in [1.165, 1.54) is 6.07 Å². The van der Waals surface area contributed by atoms with Gasteiger partial charge in [-0.3, -0.25) is 19.8 Å². The molecule has 0 saturated carbocycles. The molecule has 0 aromatic heterocycles. The molecule has 0 saturated heterocycles. The SMILES string of the molecule is CC(c1cccc(NC(=O)c2ccccc2)c1)N(C)Cc1cc([N+](=O)[O-])cc2c1OCOC2. The Balaban J connectivity index is 1.51. The molecule has 4 rings (SSSR count). The third-order valence-electron chi connectivity index (χ3n) is 5.73. The highest BCUT2D eigenvalue weighted by molar-refractivity contribution is 6.04. The molecule has 1 atom stereocenters. The summed E-state index contributed by atoms with van der Waals surface area (Å²) in [6.07, 6.45) is 0. The average Bonchev–Trinajstić information content (AvgIpc) is 2.84. The second-order valence-corrected chi connectivity index (χ2v) is 8.00. The number of benzene rings is 3. The number of nitrogens with zero attached hydrogens (tertiary/aromatic N) is 2. The lowest BCUT2D eigenvalue weighted by atomic mass is 10.0. The standard InChI is InChI=1S/C25H25N3O5/c1-17(19-9-6-10-22(11-19)26-25(29)18-7-4-3-5-8-18)27(2)14-20-12-23(28(30)31)13-21-15-32-16-33-24(20)21/h3-13,17H,14-16H2,1-2H3,(H,26,29). The van der Waals surface area contributed by atoms with Gasteiger partial charge in [0.05, 0.1) is 11.5 Å². The topological polar surface area (TPSA) is 93.9 Å². The van der Waals surface area contributed by atoms with Crippen molar-refractivity contribution in [3.8, 4) is 5.75 Å². The van der Waals surface area contributed by atoms with E-state index in [2.05, 4.69) is 10.2 Å². The number of rotatable bonds is 7. The summed E-state index contributed by atoms with van der Waals surface area (Å²) < 4.78 is 11.0. The van der Waals surface area contributed by atoms with Crippen molar-refractivity contribution < 1.29 is 19.2 Å². The summed E-state index contributed by atoms with van der Waals surface area (Å²) in [7, 11) is 1.95. The van der Waals surface area contributed by atoms with E-state index >= 15 is 0 Å². The molecular formula is C25H25N3O5. The Morgan fingerprint density at radius 3 is 2.70 bits per heavy atom. The maximum Gasteiger partial charge on any atom is 0.270 e. The molecule has 1 N–H and O–H groups in total. The summed E-state index contributed by atoms with van der Waals surface area (Å²) in [5.41, 5.74) is 3.74. The van der Waals surface area contributed by atoms with Crippen LogP contribution in [0.4, 0.5) is 11.4 Å². The highest BCUT2D eigenvalue weighted by Crippen LogP contribution is 2.34. The van der Waals surface area contributed by atoms with Gasteiger partial charge in [-0.2, -0.15) is 0 Å². The minimum atomic E-state index is -0.402. The van der Waals surface area contributed by atoms with Gasteiger partial charge in [0.2, 0.25) is 0 Å². The fourth-order valence-electron chi connectivity index (χ4n) is 3.83. The van der Waals surface area contributed by atoms with Crippen molar-refractivity contribution in [2.75, 3.05) is 19.2 Å². The minimum absolute atomic E-state index is 0.0181. The Kier molecular flexibility index (Phi) is 6.67. The number of hydrogen-bond acceptors (Lipinski definition) is 6. The largest absolute Gasteiger partial charge is 0.467 e. The van der Waals surface area contributed by atoms with Crippen molar-refractivity contribution in [3.63, 3.8) is 0 Å². The number of nitrogens with one attached hydrogen (secondary N) is 1. The highest BCUT2D eigenvalue weighted by atomic mass is 16.7. The van der Waals surface area contributed by atoms with Gasteiger partial charge in [0.25, 0.3) is 11.6 Å². The highest BCUT2D eigenvalue weighted by Gasteiger charge is 2.23. The molecule has 0 spiro atoms. The maximum atomic E-state index is 12.5. The monoisotopic (exact) mass is 447 g/mol. The van der Waals surface area contributed by atoms with E-state index < -0.39 is 4.92 Å². The molecule has 8 nitrogen and oxygen atoms in total. The van der Waals surface area contributed by atoms with E-state index in [4.69, 9.17) is 9.47 Å². The van der Waals surface area contributed by atoms with E-state index in [1.54, 1.807) is 18.2 Å². The number of hydrogen-bond donors (Lipinski definition) is 1. The van der Waals surface area contributed by atoms with E-state index in [0.717, 1.165) is 11.1 Å². The summed E-state index contributed by atoms with van der Waals surface area (Å²) >= 11 is 0. The van der Waals surface area contributed by atoms with E-state index in [9.17, 15) is 14.9 Å². The predicted octanol–water partition coefficient (Wildman–Crippen LogP) is 4.91. The Bertz CT molecular complexity index is 1170. The first-order valence-corrected chi connectivity index (χ1v) is 10.6. The first-order valence-electron chi connectivity index (χ1n) is 10.6. The van der Waals surface area contributed by atoms with Crippen LogP contribution in [0.3, 0.4) is 0 Å². The van der Waals surface area contributed by atoms with Crippen LogP contribution in [0.2, 0.25) is 0 Å². The third-order valence-corrected chi connectivity index (χ3v) is 5.73. The van der Waals surface area contributed by atoms with Gasteiger partial charge >= 0.3 is 0 Å². The smallest absolute Gasteiger partial charge is 0.270 e. The molecule has 0 aliphatic carbocycles. The first kappa shape index (κ1) is 22.4. The van der Waals surface area contributed by atoms with Crippen LogP contribution in [-0.4, -0.2) is 29.6 Å². The van der Waals surface area contributed by atoms with Crippen molar-refractivity contribution in [2.24, 2.45) is 0 Å². The van der Waals surface area contributed by atoms with Gasteiger partial charge < -0.3 is 14.8 Å². The van der Waals surface area contributed by atoms with Gasteiger partial charge in [-0.15, -0.1) is 0 Å². The van der Waals surface area contributed by atoms with Crippen molar-refractivity contribution in [3.05, 3.63) is 99.1 Å². The second kappa shape index (κ2) is 9.81. The molecule has 170 valence electrons. The van der Waals surface area contributed by atoms with Gasteiger partial charge in [-0.1, -0.05) is 30.3 Å². The number of anilines is 1. The first-order chi connectivity index (χ1) is 15.9. The minimum Gasteiger partial charge on any atom is -0.467 e. The molecule has 0 radical (unpaired) electrons. The van der Waals surface area contributed by atoms with Crippen molar-refractivity contribution in [2.45, 2.75) is 26.1 Å². The van der Waals surface area contributed by atoms with Crippen LogP contribution in [0.1, 0.15) is 40.0 Å². The Hall–Kier alpha value is -3.75. The van der Waals surface area contributed by atoms with E-state index in [-0.39, 0.29) is 31.0 Å². The molecule has 1 aliphatic rings. The summed E-state index contributed by atoms with van der Waals surface area (Å²) in [6.45, 7) is 2.91. The number of carbonyl (C=O) groups is 1. The molecular weight excluding hydrogens is 422 g/mol. The Labute approximate surface area is 191 Å². The molecule has 0 fully saturated rings. The molecule has 0 bridgehead atoms. The van der Waals surface area contributed by atoms with Crippen molar-refractivity contribution in [1.29, 1.82) is 0 Å². The van der Waals surface area contributed by atoms with Crippen molar-refractivity contribution in [1.82, 2.24) is 4.90 Å². The summed E-state index contributed by atoms with van der Waals surface area (Å²) in [6, 6.07) is 19.8. The quantitative estimate of drug-likeness (QED) is 0.409. The zero-order valence-electron chi connectivity index (χ0n) is 18.5. The maximum absolute atomic E-state index is 12.5. The number of carbonyl (C=O) groups excluding carboxylic acids is 1. The van der Waals surface area contributed by atoms with Crippen LogP contribution >= 0.6 is 0 Å². The summed E-state index contributed by atoms with van der Waals surface area (Å²) in [5.74, 6) is 0.478. The second-order valence-electron chi connectivity index (χ2n) is 8.00. The number of nitro groups is 1. The van der Waals surface area contributed by atoms with Gasteiger partial charge in [0.1, 0.15) is 5.75 Å². The lowest BCUT2D eigenvalue weighted by molar-refractivity contribution is -0.385. The van der Waals surface area contributed by atoms with Crippen LogP contribution in [0.25, 0.3) is 0 Å². The Morgan fingerprint density at radius 2 is 1.94 bits per heavy atom. The average molecular weight is 447 g/mol. The predicted molar refractivity (Wildman–Crippen MR) is 124 cm³/mol. The number of non-ortho nitro benzene ring substituents is 1. The van der Waals surface area contributed by atoms with E-state index in [1.807, 2.05) is 56.4 Å². The van der Waals surface area contributed by atoms with E-state index in [0.29, 0.717) is 29.1 Å².